The van der Waals surface area contributed by atoms with Gasteiger partial charge in [-0.15, -0.1) is 0 Å². The van der Waals surface area contributed by atoms with Gasteiger partial charge in [-0.05, 0) is 18.6 Å². The number of carbonyl (C=O) groups excluding carboxylic acids is 2. The van der Waals surface area contributed by atoms with E-state index in [0.717, 1.165) is 11.1 Å². The van der Waals surface area contributed by atoms with E-state index in [-0.39, 0.29) is 24.5 Å². The third-order valence-electron chi connectivity index (χ3n) is 3.32. The van der Waals surface area contributed by atoms with Crippen molar-refractivity contribution < 1.29 is 23.8 Å². The van der Waals surface area contributed by atoms with Crippen LogP contribution in [-0.4, -0.2) is 18.5 Å². The first-order valence-electron chi connectivity index (χ1n) is 6.94. The molecule has 1 aromatic rings. The van der Waals surface area contributed by atoms with E-state index >= 15 is 0 Å². The molecule has 1 heterocycles. The maximum Gasteiger partial charge on any atom is 0.313 e. The van der Waals surface area contributed by atoms with Gasteiger partial charge in [0.2, 0.25) is 0 Å². The Labute approximate surface area is 124 Å². The van der Waals surface area contributed by atoms with Crippen molar-refractivity contribution in [1.82, 2.24) is 0 Å². The average molecular weight is 292 g/mol. The zero-order chi connectivity index (χ0) is 15.6. The molecule has 1 atom stereocenters. The molecule has 1 saturated heterocycles. The molecular formula is C16H20O5. The Hall–Kier alpha value is -1.88. The summed E-state index contributed by atoms with van der Waals surface area (Å²) >= 11 is 0. The Bertz CT molecular complexity index is 558. The Morgan fingerprint density at radius 2 is 2.05 bits per heavy atom. The molecule has 21 heavy (non-hydrogen) atoms. The molecule has 1 unspecified atom stereocenters. The number of epoxide rings is 1. The van der Waals surface area contributed by atoms with Crippen molar-refractivity contribution in [3.8, 4) is 5.75 Å². The maximum absolute atomic E-state index is 11.8. The van der Waals surface area contributed by atoms with Crippen molar-refractivity contribution in [2.75, 3.05) is 6.61 Å². The van der Waals surface area contributed by atoms with Crippen molar-refractivity contribution in [3.05, 3.63) is 29.3 Å². The van der Waals surface area contributed by atoms with Gasteiger partial charge in [-0.1, -0.05) is 26.0 Å². The van der Waals surface area contributed by atoms with Gasteiger partial charge in [0.25, 0.3) is 0 Å². The van der Waals surface area contributed by atoms with Gasteiger partial charge in [0.05, 0.1) is 12.5 Å². The summed E-state index contributed by atoms with van der Waals surface area (Å²) in [4.78, 5) is 22.7. The predicted molar refractivity (Wildman–Crippen MR) is 75.7 cm³/mol. The number of hydrogen-bond donors (Lipinski definition) is 0. The fourth-order valence-corrected chi connectivity index (χ4v) is 1.85. The van der Waals surface area contributed by atoms with E-state index in [9.17, 15) is 9.59 Å². The van der Waals surface area contributed by atoms with Gasteiger partial charge in [-0.3, -0.25) is 9.59 Å². The summed E-state index contributed by atoms with van der Waals surface area (Å²) in [5.41, 5.74) is 1.21. The topological polar surface area (TPSA) is 65.1 Å². The summed E-state index contributed by atoms with van der Waals surface area (Å²) in [7, 11) is 0. The van der Waals surface area contributed by atoms with Gasteiger partial charge < -0.3 is 14.2 Å². The second-order valence-electron chi connectivity index (χ2n) is 5.71. The lowest BCUT2D eigenvalue weighted by molar-refractivity contribution is -0.142. The highest BCUT2D eigenvalue weighted by Gasteiger charge is 2.43. The summed E-state index contributed by atoms with van der Waals surface area (Å²) in [6.07, 6.45) is 0. The van der Waals surface area contributed by atoms with E-state index in [4.69, 9.17) is 14.2 Å². The van der Waals surface area contributed by atoms with Crippen LogP contribution in [0.15, 0.2) is 18.2 Å². The van der Waals surface area contributed by atoms with Crippen molar-refractivity contribution in [2.24, 2.45) is 5.92 Å². The smallest absolute Gasteiger partial charge is 0.313 e. The molecule has 114 valence electrons. The predicted octanol–water partition coefficient (Wildman–Crippen LogP) is 2.56. The standard InChI is InChI=1S/C16H20O5/c1-10(2)15(18)21-14-7-12(8-19-11(3)17)5-6-13(14)16(4)9-20-16/h5-7,10H,8-9H2,1-4H3. The second kappa shape index (κ2) is 5.85. The molecule has 0 aromatic heterocycles. The largest absolute Gasteiger partial charge is 0.461 e. The molecule has 0 radical (unpaired) electrons. The Kier molecular flexibility index (Phi) is 4.32. The lowest BCUT2D eigenvalue weighted by Gasteiger charge is -2.15. The first-order chi connectivity index (χ1) is 9.82. The van der Waals surface area contributed by atoms with Crippen LogP contribution in [0.2, 0.25) is 0 Å². The molecule has 0 aliphatic carbocycles. The van der Waals surface area contributed by atoms with Crippen LogP contribution in [-0.2, 0) is 31.3 Å². The highest BCUT2D eigenvalue weighted by molar-refractivity contribution is 5.75. The number of esters is 2. The molecule has 0 amide bonds. The minimum atomic E-state index is -0.396. The van der Waals surface area contributed by atoms with E-state index in [1.54, 1.807) is 19.9 Å². The van der Waals surface area contributed by atoms with Crippen LogP contribution in [0.4, 0.5) is 0 Å². The van der Waals surface area contributed by atoms with Crippen molar-refractivity contribution >= 4 is 11.9 Å². The number of carbonyl (C=O) groups is 2. The van der Waals surface area contributed by atoms with Crippen LogP contribution < -0.4 is 4.74 Å². The third-order valence-corrected chi connectivity index (χ3v) is 3.32. The fraction of sp³-hybridized carbons (Fsp3) is 0.500. The van der Waals surface area contributed by atoms with Gasteiger partial charge >= 0.3 is 11.9 Å². The molecule has 0 N–H and O–H groups in total. The first kappa shape index (κ1) is 15.5. The van der Waals surface area contributed by atoms with E-state index in [0.29, 0.717) is 12.4 Å². The van der Waals surface area contributed by atoms with E-state index in [1.807, 2.05) is 19.1 Å². The van der Waals surface area contributed by atoms with Crippen molar-refractivity contribution in [2.45, 2.75) is 39.9 Å². The number of hydrogen-bond acceptors (Lipinski definition) is 5. The molecule has 1 aliphatic heterocycles. The minimum Gasteiger partial charge on any atom is -0.461 e. The molecule has 0 bridgehead atoms. The van der Waals surface area contributed by atoms with Crippen LogP contribution in [0.3, 0.4) is 0 Å². The van der Waals surface area contributed by atoms with E-state index in [1.165, 1.54) is 6.92 Å². The molecule has 0 spiro atoms. The van der Waals surface area contributed by atoms with Crippen LogP contribution in [0, 0.1) is 5.92 Å². The summed E-state index contributed by atoms with van der Waals surface area (Å²) in [6, 6.07) is 5.43. The number of ether oxygens (including phenoxy) is 3. The molecule has 5 nitrogen and oxygen atoms in total. The molecule has 1 aromatic carbocycles. The Balaban J connectivity index is 2.25. The molecular weight excluding hydrogens is 272 g/mol. The molecule has 2 rings (SSSR count). The first-order valence-corrected chi connectivity index (χ1v) is 6.94. The lowest BCUT2D eigenvalue weighted by atomic mass is 9.99. The molecule has 0 saturated carbocycles. The summed E-state index contributed by atoms with van der Waals surface area (Å²) in [5, 5.41) is 0. The van der Waals surface area contributed by atoms with Gasteiger partial charge in [-0.25, -0.2) is 0 Å². The highest BCUT2D eigenvalue weighted by atomic mass is 16.6. The van der Waals surface area contributed by atoms with E-state index in [2.05, 4.69) is 0 Å². The second-order valence-corrected chi connectivity index (χ2v) is 5.71. The molecule has 1 aliphatic rings. The lowest BCUT2D eigenvalue weighted by Crippen LogP contribution is -2.17. The van der Waals surface area contributed by atoms with Crippen molar-refractivity contribution in [3.63, 3.8) is 0 Å². The van der Waals surface area contributed by atoms with Crippen LogP contribution in [0.1, 0.15) is 38.8 Å². The summed E-state index contributed by atoms with van der Waals surface area (Å²) in [6.45, 7) is 7.61. The van der Waals surface area contributed by atoms with E-state index < -0.39 is 5.60 Å². The van der Waals surface area contributed by atoms with Gasteiger partial charge in [0, 0.05) is 12.5 Å². The van der Waals surface area contributed by atoms with Gasteiger partial charge in [0.15, 0.2) is 0 Å². The minimum absolute atomic E-state index is 0.152. The van der Waals surface area contributed by atoms with Gasteiger partial charge in [0.1, 0.15) is 18.0 Å². The Morgan fingerprint density at radius 1 is 1.38 bits per heavy atom. The SMILES string of the molecule is CC(=O)OCc1ccc(C2(C)CO2)c(OC(=O)C(C)C)c1. The summed E-state index contributed by atoms with van der Waals surface area (Å²) in [5.74, 6) is -0.399. The summed E-state index contributed by atoms with van der Waals surface area (Å²) < 4.78 is 15.9. The van der Waals surface area contributed by atoms with Crippen molar-refractivity contribution in [1.29, 1.82) is 0 Å². The fourth-order valence-electron chi connectivity index (χ4n) is 1.85. The monoisotopic (exact) mass is 292 g/mol. The van der Waals surface area contributed by atoms with Crippen LogP contribution in [0.25, 0.3) is 0 Å². The maximum atomic E-state index is 11.8. The Morgan fingerprint density at radius 3 is 2.57 bits per heavy atom. The third kappa shape index (κ3) is 3.82. The quantitative estimate of drug-likeness (QED) is 0.474. The van der Waals surface area contributed by atoms with Crippen LogP contribution in [0.5, 0.6) is 5.75 Å². The zero-order valence-corrected chi connectivity index (χ0v) is 12.8. The normalized spacial score (nSPS) is 20.2. The highest BCUT2D eigenvalue weighted by Crippen LogP contribution is 2.43. The molecule has 5 heteroatoms. The molecule has 1 fully saturated rings. The zero-order valence-electron chi connectivity index (χ0n) is 12.8. The number of benzene rings is 1. The average Bonchev–Trinajstić information content (AvgIpc) is 3.15. The van der Waals surface area contributed by atoms with Gasteiger partial charge in [-0.2, -0.15) is 0 Å². The number of rotatable bonds is 5. The van der Waals surface area contributed by atoms with Crippen LogP contribution >= 0.6 is 0 Å².